The fraction of sp³-hybridized carbons (Fsp3) is 0.517. The van der Waals surface area contributed by atoms with Crippen molar-refractivity contribution < 1.29 is 32.6 Å². The van der Waals surface area contributed by atoms with Crippen LogP contribution in [0.3, 0.4) is 0 Å². The van der Waals surface area contributed by atoms with Gasteiger partial charge in [0.15, 0.2) is 0 Å². The molecule has 0 aromatic heterocycles. The molecule has 2 aromatic rings. The van der Waals surface area contributed by atoms with Crippen molar-refractivity contribution in [2.45, 2.75) is 63.1 Å². The van der Waals surface area contributed by atoms with E-state index in [2.05, 4.69) is 10.5 Å². The van der Waals surface area contributed by atoms with Crippen molar-refractivity contribution in [3.05, 3.63) is 63.0 Å². The van der Waals surface area contributed by atoms with Gasteiger partial charge in [0.1, 0.15) is 17.0 Å². The number of ether oxygens (including phenoxy) is 3. The highest BCUT2D eigenvalue weighted by molar-refractivity contribution is 6.33. The molecule has 9 nitrogen and oxygen atoms in total. The van der Waals surface area contributed by atoms with Gasteiger partial charge in [0.2, 0.25) is 0 Å². The Labute approximate surface area is 242 Å². The molecular formula is C29H34ClF2N3O6. The fourth-order valence-electron chi connectivity index (χ4n) is 5.22. The van der Waals surface area contributed by atoms with Crippen LogP contribution in [0.1, 0.15) is 55.3 Å². The molecule has 2 aliphatic carbocycles. The van der Waals surface area contributed by atoms with E-state index in [0.717, 1.165) is 30.4 Å². The number of hydrogen-bond acceptors (Lipinski definition) is 6. The number of halogens is 3. The monoisotopic (exact) mass is 593 g/mol. The Bertz CT molecular complexity index is 1270. The maximum absolute atomic E-state index is 13.8. The number of carbonyl (C=O) groups is 2. The lowest BCUT2D eigenvalue weighted by molar-refractivity contribution is -0.157. The van der Waals surface area contributed by atoms with E-state index in [9.17, 15) is 23.3 Å². The SMILES string of the molecule is COc1cc(C(C)N(CCOCc2ccccc2)C(=O)NC2(C(=O)N=O)CC(F)(F)C2)c(Cl)c(OC)c1CC1CC1. The van der Waals surface area contributed by atoms with E-state index in [0.29, 0.717) is 23.0 Å². The molecule has 0 spiro atoms. The number of benzene rings is 2. The first-order valence-electron chi connectivity index (χ1n) is 13.4. The molecule has 12 heteroatoms. The third-order valence-electron chi connectivity index (χ3n) is 7.65. The number of urea groups is 1. The van der Waals surface area contributed by atoms with E-state index in [4.69, 9.17) is 25.8 Å². The molecule has 0 aliphatic heterocycles. The van der Waals surface area contributed by atoms with E-state index >= 15 is 0 Å². The standard InChI is InChI=1S/C29H34ClF2N3O6/c1-18(21-14-23(39-2)22(13-19-9-10-19)25(40-3)24(21)30)35(11-12-41-15-20-7-5-4-6-8-20)27(37)33-28(26(36)34-38)16-29(31,32)17-28/h4-8,14,18-19H,9-13,15-17H2,1-3H3,(H,33,37). The number of nitrogens with one attached hydrogen (secondary N) is 1. The lowest BCUT2D eigenvalue weighted by Crippen LogP contribution is -2.68. The second-order valence-electron chi connectivity index (χ2n) is 10.7. The van der Waals surface area contributed by atoms with Gasteiger partial charge in [0.05, 0.1) is 38.5 Å². The Morgan fingerprint density at radius 1 is 1.17 bits per heavy atom. The third kappa shape index (κ3) is 6.95. The van der Waals surface area contributed by atoms with Gasteiger partial charge in [-0.15, -0.1) is 4.91 Å². The molecule has 1 N–H and O–H groups in total. The minimum absolute atomic E-state index is 0.0137. The van der Waals surface area contributed by atoms with Crippen LogP contribution in [0, 0.1) is 10.8 Å². The summed E-state index contributed by atoms with van der Waals surface area (Å²) >= 11 is 6.83. The smallest absolute Gasteiger partial charge is 0.318 e. The molecule has 1 atom stereocenters. The molecule has 4 rings (SSSR count). The number of carbonyl (C=O) groups excluding carboxylic acids is 2. The molecule has 2 saturated carbocycles. The number of nitrogens with zero attached hydrogens (tertiary/aromatic N) is 2. The van der Waals surface area contributed by atoms with Crippen molar-refractivity contribution in [2.75, 3.05) is 27.4 Å². The lowest BCUT2D eigenvalue weighted by atomic mass is 9.73. The van der Waals surface area contributed by atoms with E-state index in [1.54, 1.807) is 13.0 Å². The fourth-order valence-corrected chi connectivity index (χ4v) is 5.63. The number of methoxy groups -OCH3 is 2. The lowest BCUT2D eigenvalue weighted by Gasteiger charge is -2.45. The van der Waals surface area contributed by atoms with Gasteiger partial charge in [-0.25, -0.2) is 13.6 Å². The molecule has 2 fully saturated rings. The highest BCUT2D eigenvalue weighted by Crippen LogP contribution is 2.48. The molecular weight excluding hydrogens is 560 g/mol. The van der Waals surface area contributed by atoms with Crippen molar-refractivity contribution in [3.63, 3.8) is 0 Å². The first-order chi connectivity index (χ1) is 19.5. The Balaban J connectivity index is 1.61. The van der Waals surface area contributed by atoms with Gasteiger partial charge in [-0.05, 0) is 43.7 Å². The van der Waals surface area contributed by atoms with Gasteiger partial charge in [0.25, 0.3) is 5.92 Å². The minimum Gasteiger partial charge on any atom is -0.496 e. The van der Waals surface area contributed by atoms with Gasteiger partial charge < -0.3 is 24.4 Å². The van der Waals surface area contributed by atoms with Crippen LogP contribution >= 0.6 is 11.6 Å². The Kier molecular flexibility index (Phi) is 9.48. The zero-order valence-corrected chi connectivity index (χ0v) is 24.0. The summed E-state index contributed by atoms with van der Waals surface area (Å²) in [5.41, 5.74) is 0.168. The van der Waals surface area contributed by atoms with Gasteiger partial charge in [0, 0.05) is 35.7 Å². The summed E-state index contributed by atoms with van der Waals surface area (Å²) in [6, 6.07) is 9.59. The number of rotatable bonds is 13. The van der Waals surface area contributed by atoms with Crippen LogP contribution in [0.15, 0.2) is 41.6 Å². The summed E-state index contributed by atoms with van der Waals surface area (Å²) in [6.45, 7) is 2.09. The predicted molar refractivity (Wildman–Crippen MR) is 148 cm³/mol. The zero-order chi connectivity index (χ0) is 29.8. The van der Waals surface area contributed by atoms with Crippen molar-refractivity contribution in [3.8, 4) is 11.5 Å². The second kappa shape index (κ2) is 12.7. The molecule has 0 saturated heterocycles. The molecule has 222 valence electrons. The van der Waals surface area contributed by atoms with Crippen LogP contribution in [-0.2, 0) is 22.6 Å². The molecule has 41 heavy (non-hydrogen) atoms. The first kappa shape index (κ1) is 30.6. The van der Waals surface area contributed by atoms with Crippen LogP contribution in [0.4, 0.5) is 13.6 Å². The second-order valence-corrected chi connectivity index (χ2v) is 11.0. The first-order valence-corrected chi connectivity index (χ1v) is 13.8. The normalized spacial score (nSPS) is 17.6. The van der Waals surface area contributed by atoms with Gasteiger partial charge in [-0.1, -0.05) is 41.9 Å². The predicted octanol–water partition coefficient (Wildman–Crippen LogP) is 6.06. The molecule has 2 aliphatic rings. The van der Waals surface area contributed by atoms with E-state index < -0.39 is 42.3 Å². The minimum atomic E-state index is -3.20. The molecule has 2 aromatic carbocycles. The summed E-state index contributed by atoms with van der Waals surface area (Å²) in [5.74, 6) is -3.05. The molecule has 0 bridgehead atoms. The van der Waals surface area contributed by atoms with Crippen molar-refractivity contribution in [1.29, 1.82) is 0 Å². The van der Waals surface area contributed by atoms with Crippen LogP contribution in [0.5, 0.6) is 11.5 Å². The van der Waals surface area contributed by atoms with Gasteiger partial charge >= 0.3 is 11.9 Å². The summed E-state index contributed by atoms with van der Waals surface area (Å²) < 4.78 is 44.8. The van der Waals surface area contributed by atoms with Crippen molar-refractivity contribution >= 4 is 23.5 Å². The summed E-state index contributed by atoms with van der Waals surface area (Å²) in [4.78, 5) is 38.2. The van der Waals surface area contributed by atoms with Gasteiger partial charge in [-0.2, -0.15) is 0 Å². The van der Waals surface area contributed by atoms with E-state index in [1.165, 1.54) is 19.1 Å². The van der Waals surface area contributed by atoms with Crippen LogP contribution in [-0.4, -0.2) is 55.7 Å². The summed E-state index contributed by atoms with van der Waals surface area (Å²) in [5, 5.41) is 4.99. The third-order valence-corrected chi connectivity index (χ3v) is 8.04. The average Bonchev–Trinajstić information content (AvgIpc) is 3.76. The van der Waals surface area contributed by atoms with E-state index in [1.807, 2.05) is 30.3 Å². The Morgan fingerprint density at radius 3 is 2.41 bits per heavy atom. The van der Waals surface area contributed by atoms with Crippen LogP contribution < -0.4 is 14.8 Å². The zero-order valence-electron chi connectivity index (χ0n) is 23.3. The number of nitroso groups, excluding NO2 is 1. The maximum atomic E-state index is 13.8. The topological polar surface area (TPSA) is 107 Å². The number of alkyl halides is 2. The number of amides is 3. The highest BCUT2D eigenvalue weighted by atomic mass is 35.5. The van der Waals surface area contributed by atoms with Gasteiger partial charge in [-0.3, -0.25) is 4.79 Å². The van der Waals surface area contributed by atoms with E-state index in [-0.39, 0.29) is 24.8 Å². The summed E-state index contributed by atoms with van der Waals surface area (Å²) in [7, 11) is 3.04. The largest absolute Gasteiger partial charge is 0.496 e. The maximum Gasteiger partial charge on any atom is 0.318 e. The molecule has 1 unspecified atom stereocenters. The van der Waals surface area contributed by atoms with Crippen LogP contribution in [0.2, 0.25) is 5.02 Å². The average molecular weight is 594 g/mol. The Morgan fingerprint density at radius 2 is 1.85 bits per heavy atom. The Hall–Kier alpha value is -3.31. The van der Waals surface area contributed by atoms with Crippen molar-refractivity contribution in [1.82, 2.24) is 10.2 Å². The van der Waals surface area contributed by atoms with Crippen molar-refractivity contribution in [2.24, 2.45) is 11.1 Å². The molecule has 3 amide bonds. The molecule has 0 radical (unpaired) electrons. The van der Waals surface area contributed by atoms with Crippen LogP contribution in [0.25, 0.3) is 0 Å². The summed E-state index contributed by atoms with van der Waals surface area (Å²) in [6.07, 6.45) is 0.917. The quantitative estimate of drug-likeness (QED) is 0.223. The number of hydrogen-bond donors (Lipinski definition) is 1. The highest BCUT2D eigenvalue weighted by Gasteiger charge is 2.62. The molecule has 0 heterocycles.